The maximum Gasteiger partial charge on any atom is 1.00 e. The number of halogens is 24. The smallest absolute Gasteiger partial charge is 0.426 e. The molecule has 0 bridgehead atoms. The first-order valence-corrected chi connectivity index (χ1v) is 35.6. The SMILES string of the molecule is CC(=O)N/N=C(\N)CN1CCO[C@H](O[C@H](C)c2cc(C(F)(F)F)cc(C(F)(F)F)c2)[C@@H]1c1ccc(F)cc1.C[C@@H](O[C@H]1OCCN(CC2=NNC(=O)C2)[C@H]1c1ccc(F)cc1)c1cc(C(F)(F)F)cc(C(F)(F)F)c1.C[C@@H](O[C@H]1OCCNC1c1ccc(F)cc1)c1cc(C(F)(F)F)cc(C(F)(F)F)c1.Cl.N/C(CCl)=N\NC(=O)CO.[2H]C(=O)OO[CH-]F.[K+].[K+]. The molecule has 4 heterocycles. The van der Waals surface area contributed by atoms with Gasteiger partial charge in [0.25, 0.3) is 5.91 Å². The number of ether oxygens (including phenoxy) is 6. The van der Waals surface area contributed by atoms with E-state index in [1.54, 1.807) is 4.90 Å². The Kier molecular flexibility index (Phi) is 45.4. The molecule has 6 aromatic rings. The van der Waals surface area contributed by atoms with Crippen molar-refractivity contribution >= 4 is 65.6 Å². The fourth-order valence-electron chi connectivity index (χ4n) is 11.5. The van der Waals surface area contributed by atoms with Crippen LogP contribution in [-0.4, -0.2) is 140 Å². The van der Waals surface area contributed by atoms with Crippen molar-refractivity contribution in [1.82, 2.24) is 31.4 Å². The Morgan fingerprint density at radius 2 is 0.952 bits per heavy atom. The summed E-state index contributed by atoms with van der Waals surface area (Å²) in [5.74, 6) is -2.69. The van der Waals surface area contributed by atoms with E-state index in [0.29, 0.717) is 71.9 Å². The molecule has 50 heteroatoms. The number of benzene rings is 6. The van der Waals surface area contributed by atoms with Crippen molar-refractivity contribution < 1.29 is 263 Å². The van der Waals surface area contributed by atoms with E-state index in [1.165, 1.54) is 100 Å². The second-order valence-electron chi connectivity index (χ2n) is 25.9. The van der Waals surface area contributed by atoms with Crippen molar-refractivity contribution in [2.75, 3.05) is 65.0 Å². The number of amidine groups is 2. The molecule has 3 fully saturated rings. The number of rotatable bonds is 22. The third kappa shape index (κ3) is 36.3. The Labute approximate surface area is 789 Å². The van der Waals surface area contributed by atoms with Crippen LogP contribution in [0.2, 0.25) is 0 Å². The summed E-state index contributed by atoms with van der Waals surface area (Å²) >= 11 is 5.21. The number of nitrogens with two attached hydrogens (primary N) is 2. The molecule has 3 saturated heterocycles. The first kappa shape index (κ1) is 110. The molecule has 0 radical (unpaired) electrons. The van der Waals surface area contributed by atoms with Gasteiger partial charge in [-0.2, -0.15) is 94.3 Å². The van der Waals surface area contributed by atoms with Gasteiger partial charge in [0.2, 0.25) is 11.8 Å². The molecule has 9 atom stereocenters. The van der Waals surface area contributed by atoms with E-state index < -0.39 is 168 Å². The minimum atomic E-state index is -5.02. The molecule has 1 unspecified atom stereocenters. The number of hydrogen-bond donors (Lipinski definition) is 7. The molecular weight excluding hydrogens is 1820 g/mol. The molecule has 0 aromatic heterocycles. The maximum absolute atomic E-state index is 13.6. The molecule has 674 valence electrons. The zero-order valence-corrected chi connectivity index (χ0v) is 73.3. The second kappa shape index (κ2) is 51.2. The van der Waals surface area contributed by atoms with E-state index in [4.69, 9.17) is 58.0 Å². The van der Waals surface area contributed by atoms with Crippen molar-refractivity contribution in [3.05, 3.63) is 218 Å². The van der Waals surface area contributed by atoms with Gasteiger partial charge in [0.1, 0.15) is 35.7 Å². The third-order valence-electron chi connectivity index (χ3n) is 17.1. The van der Waals surface area contributed by atoms with Crippen LogP contribution in [0.4, 0.5) is 96.6 Å². The summed E-state index contributed by atoms with van der Waals surface area (Å²) < 4.78 is 330. The number of hydrogen-bond acceptors (Lipinski definition) is 19. The van der Waals surface area contributed by atoms with Gasteiger partial charge in [-0.3, -0.25) is 29.0 Å². The van der Waals surface area contributed by atoms with Crippen LogP contribution in [0.5, 0.6) is 0 Å². The van der Waals surface area contributed by atoms with Crippen LogP contribution >= 0.6 is 24.0 Å². The fourth-order valence-corrected chi connectivity index (χ4v) is 11.6. The predicted molar refractivity (Wildman–Crippen MR) is 390 cm³/mol. The molecule has 0 spiro atoms. The van der Waals surface area contributed by atoms with E-state index in [1.807, 2.05) is 10.3 Å². The van der Waals surface area contributed by atoms with E-state index in [2.05, 4.69) is 41.2 Å². The van der Waals surface area contributed by atoms with Gasteiger partial charge >= 0.3 is 146 Å². The molecule has 4 aliphatic heterocycles. The Balaban J connectivity index is 0.000000438. The number of alkyl halides is 19. The van der Waals surface area contributed by atoms with Crippen LogP contribution in [0.3, 0.4) is 0 Å². The Bertz CT molecular complexity index is 4440. The number of aliphatic hydroxyl groups is 1. The van der Waals surface area contributed by atoms with Gasteiger partial charge in [-0.1, -0.05) is 36.4 Å². The van der Waals surface area contributed by atoms with Crippen molar-refractivity contribution in [3.63, 3.8) is 0 Å². The van der Waals surface area contributed by atoms with Crippen molar-refractivity contribution in [2.24, 2.45) is 26.8 Å². The van der Waals surface area contributed by atoms with Crippen LogP contribution in [0, 0.1) is 24.3 Å². The van der Waals surface area contributed by atoms with E-state index in [9.17, 15) is 116 Å². The molecule has 4 aliphatic rings. The average molecular weight is 1900 g/mol. The van der Waals surface area contributed by atoms with Crippen molar-refractivity contribution in [2.45, 2.75) is 126 Å². The summed E-state index contributed by atoms with van der Waals surface area (Å²) in [7, 11) is 0. The average Bonchev–Trinajstić information content (AvgIpc) is 0.833. The maximum atomic E-state index is 13.6. The Morgan fingerprint density at radius 3 is 1.28 bits per heavy atom. The summed E-state index contributed by atoms with van der Waals surface area (Å²) in [6.07, 6.45) is -38.3. The van der Waals surface area contributed by atoms with Crippen LogP contribution < -0.4 is 136 Å². The van der Waals surface area contributed by atoms with Gasteiger partial charge in [0, 0.05) is 33.1 Å². The molecule has 9 N–H and O–H groups in total. The predicted octanol–water partition coefficient (Wildman–Crippen LogP) is 8.81. The summed E-state index contributed by atoms with van der Waals surface area (Å²) in [6, 6.07) is 17.8. The molecule has 3 amide bonds. The molecular formula is C74H76Cl2F22K2N11O13+. The third-order valence-corrected chi connectivity index (χ3v) is 17.4. The largest absolute Gasteiger partial charge is 1.00 e. The molecule has 10 rings (SSSR count). The topological polar surface area (TPSA) is 306 Å². The summed E-state index contributed by atoms with van der Waals surface area (Å²) in [6.45, 7) is 5.93. The quantitative estimate of drug-likeness (QED) is 0.00384. The van der Waals surface area contributed by atoms with Gasteiger partial charge in [-0.05, 0) is 152 Å². The molecule has 6 aromatic carbocycles. The van der Waals surface area contributed by atoms with Gasteiger partial charge in [0.15, 0.2) is 20.2 Å². The van der Waals surface area contributed by atoms with Crippen LogP contribution in [0.15, 0.2) is 143 Å². The summed E-state index contributed by atoms with van der Waals surface area (Å²) in [4.78, 5) is 52.4. The normalized spacial score (nSPS) is 19.4. The number of carbonyl (C=O) groups is 4. The van der Waals surface area contributed by atoms with Crippen molar-refractivity contribution in [1.29, 1.82) is 0 Å². The Morgan fingerprint density at radius 1 is 0.597 bits per heavy atom. The molecule has 124 heavy (non-hydrogen) atoms. The number of hydrazone groups is 3. The number of nitrogens with zero attached hydrogens (tertiary/aromatic N) is 5. The number of morpholine rings is 3. The number of amides is 3. The van der Waals surface area contributed by atoms with Gasteiger partial charge in [-0.25, -0.2) is 29.4 Å². The van der Waals surface area contributed by atoms with Gasteiger partial charge in [-0.15, -0.1) is 24.0 Å². The first-order chi connectivity index (χ1) is 56.9. The van der Waals surface area contributed by atoms with Crippen LogP contribution in [-0.2, 0) is 94.4 Å². The van der Waals surface area contributed by atoms with E-state index >= 15 is 0 Å². The van der Waals surface area contributed by atoms with E-state index in [0.717, 1.165) is 0 Å². The zero-order valence-electron chi connectivity index (χ0n) is 66.5. The Hall–Kier alpha value is -6.32. The second-order valence-corrected chi connectivity index (χ2v) is 26.2. The number of carbonyl (C=O) groups excluding carboxylic acids is 4. The molecule has 0 aliphatic carbocycles. The number of nitrogens with one attached hydrogen (secondary N) is 4. The fraction of sp³-hybridized carbons (Fsp3) is 0.405. The van der Waals surface area contributed by atoms with E-state index in [-0.39, 0.29) is 226 Å². The summed E-state index contributed by atoms with van der Waals surface area (Å²) in [5, 5.41) is 22.3. The van der Waals surface area contributed by atoms with Gasteiger partial charge in [0.05, 0.1) is 114 Å². The first-order valence-electron chi connectivity index (χ1n) is 35.5. The van der Waals surface area contributed by atoms with Crippen molar-refractivity contribution in [3.8, 4) is 0 Å². The van der Waals surface area contributed by atoms with Gasteiger partial charge < -0.3 is 64.5 Å². The molecule has 0 saturated carbocycles. The molecule has 24 nitrogen and oxygen atoms in total. The minimum Gasteiger partial charge on any atom is -0.426 e. The van der Waals surface area contributed by atoms with Crippen LogP contribution in [0.1, 0.15) is 139 Å². The standard InChI is InChI=1S/C24H25F7N4O3.C24H22F7N3O3.C20H18F7NO2.C4H8ClN3O2.C2H2FO3.ClH.2K/c1-13(16-9-17(23(26,27)28)11-18(10-16)24(29,30)31)38-22-21(15-3-5-19(25)6-4-15)35(7-8-37-22)12-20(32)34-33-14(2)36;1-13(15-8-16(23(26,27)28)10-17(9-15)24(29,30)31)37-22-21(14-2-4-18(25)5-3-14)34(6-7-36-22)12-19-11-20(35)33-32-19;1-11(13-8-14(19(22,23)24)10-15(9-13)20(25,26)27)30-18-17(28-6-7-29-18)12-2-4-16(21)5-3-12;5-1-3(6)7-8-4(10)2-9;3-1-5-6-2-4;;;/h3-6,9-11,13,21-22H,7-8,12H2,1-2H3,(H2,32,34)(H,33,36);2-5,8-10,13,21-22H,6-7,11-12H2,1H3,(H,33,35);2-5,8-11,17-18,28H,6-7H2,1H3;9H,1-2H2,(H2,6,7)(H,8,10);1-2H;1H;;/q;;;;-1;;2*+1/t2*13-,21+,22-;11-,17?,18-;;;;;/m111...../s1/i;;;;2D;;;. The summed E-state index contributed by atoms with van der Waals surface area (Å²) in [5.41, 5.74) is 10.0. The number of aliphatic hydroxyl groups excluding tert-OH is 1. The minimum absolute atomic E-state index is 0. The monoisotopic (exact) mass is 1890 g/mol. The van der Waals surface area contributed by atoms with Crippen LogP contribution in [0.25, 0.3) is 0 Å². The zero-order chi connectivity index (χ0) is 91.0.